The van der Waals surface area contributed by atoms with Crippen LogP contribution in [0.1, 0.15) is 41.3 Å². The van der Waals surface area contributed by atoms with Crippen molar-refractivity contribution in [3.05, 3.63) is 137 Å². The molecule has 1 amide bonds. The molecule has 2 saturated heterocycles. The number of amides is 1. The Labute approximate surface area is 426 Å². The number of sulfone groups is 1. The number of sulfonamides is 1. The molecular formula is C50H56ClF4N5O9S3. The number of thioether (sulfide) groups is 1. The predicted octanol–water partition coefficient (Wildman–Crippen LogP) is 7.98. The molecule has 14 nitrogen and oxygen atoms in total. The van der Waals surface area contributed by atoms with Crippen LogP contribution in [0.15, 0.2) is 136 Å². The second-order valence-electron chi connectivity index (χ2n) is 17.3. The molecule has 2 aliphatic rings. The molecule has 72 heavy (non-hydrogen) atoms. The summed E-state index contributed by atoms with van der Waals surface area (Å²) in [6, 6.07) is 32.2. The first kappa shape index (κ1) is 56.0. The summed E-state index contributed by atoms with van der Waals surface area (Å²) in [4.78, 5) is 26.5. The molecule has 7 rings (SSSR count). The van der Waals surface area contributed by atoms with Crippen molar-refractivity contribution in [3.8, 4) is 11.1 Å². The van der Waals surface area contributed by atoms with Gasteiger partial charge in [0.15, 0.2) is 0 Å². The first-order valence-electron chi connectivity index (χ1n) is 22.9. The van der Waals surface area contributed by atoms with Crippen molar-refractivity contribution in [2.75, 3.05) is 75.0 Å². The molecule has 0 aliphatic carbocycles. The minimum absolute atomic E-state index is 0.0305. The van der Waals surface area contributed by atoms with Gasteiger partial charge in [-0.1, -0.05) is 66.2 Å². The summed E-state index contributed by atoms with van der Waals surface area (Å²) < 4.78 is 111. The first-order valence-corrected chi connectivity index (χ1v) is 27.3. The van der Waals surface area contributed by atoms with Gasteiger partial charge in [0.25, 0.3) is 32.2 Å². The fourth-order valence-corrected chi connectivity index (χ4v) is 11.7. The van der Waals surface area contributed by atoms with Crippen LogP contribution in [0, 0.1) is 5.92 Å². The highest BCUT2D eigenvalue weighted by Gasteiger charge is 2.48. The van der Waals surface area contributed by atoms with Crippen LogP contribution in [0.3, 0.4) is 0 Å². The lowest BCUT2D eigenvalue weighted by Crippen LogP contribution is -2.49. The van der Waals surface area contributed by atoms with E-state index < -0.39 is 71.7 Å². The van der Waals surface area contributed by atoms with Crippen LogP contribution in [0.5, 0.6) is 0 Å². The van der Waals surface area contributed by atoms with Crippen LogP contribution in [-0.4, -0.2) is 137 Å². The van der Waals surface area contributed by atoms with Gasteiger partial charge in [-0.2, -0.15) is 13.2 Å². The smallest absolute Gasteiger partial charge is 0.483 e. The Morgan fingerprint density at radius 3 is 2.06 bits per heavy atom. The Hall–Kier alpha value is -5.26. The number of carbonyl (C=O) groups excluding carboxylic acids is 1. The van der Waals surface area contributed by atoms with Crippen LogP contribution in [0.2, 0.25) is 5.02 Å². The number of piperazine rings is 1. The van der Waals surface area contributed by atoms with Crippen molar-refractivity contribution in [2.24, 2.45) is 5.92 Å². The third-order valence-corrected chi connectivity index (χ3v) is 16.7. The number of rotatable bonds is 19. The zero-order valence-electron chi connectivity index (χ0n) is 38.9. The van der Waals surface area contributed by atoms with Gasteiger partial charge in [-0.3, -0.25) is 14.5 Å². The fraction of sp³-hybridized carbons (Fsp3) is 0.360. The van der Waals surface area contributed by atoms with Crippen molar-refractivity contribution in [1.82, 2.24) is 14.5 Å². The zero-order valence-corrected chi connectivity index (χ0v) is 42.1. The third kappa shape index (κ3) is 14.9. The van der Waals surface area contributed by atoms with Crippen molar-refractivity contribution in [2.45, 2.75) is 57.7 Å². The van der Waals surface area contributed by atoms with E-state index in [-0.39, 0.29) is 24.5 Å². The van der Waals surface area contributed by atoms with E-state index in [2.05, 4.69) is 15.1 Å². The molecule has 2 heterocycles. The van der Waals surface area contributed by atoms with Gasteiger partial charge >= 0.3 is 5.51 Å². The minimum Gasteiger partial charge on any atom is -0.483 e. The molecule has 388 valence electrons. The maximum atomic E-state index is 14.3. The predicted molar refractivity (Wildman–Crippen MR) is 270 cm³/mol. The Morgan fingerprint density at radius 1 is 0.819 bits per heavy atom. The highest BCUT2D eigenvalue weighted by atomic mass is 35.5. The van der Waals surface area contributed by atoms with Gasteiger partial charge < -0.3 is 30.4 Å². The van der Waals surface area contributed by atoms with Crippen molar-refractivity contribution < 1.29 is 59.3 Å². The number of piperidine rings is 1. The Kier molecular flexibility index (Phi) is 19.9. The highest BCUT2D eigenvalue weighted by molar-refractivity contribution is 7.99. The molecule has 0 spiro atoms. The van der Waals surface area contributed by atoms with Gasteiger partial charge in [0.2, 0.25) is 0 Å². The number of benzene rings is 5. The number of hydrogen-bond donors (Lipinski definition) is 5. The topological polar surface area (TPSA) is 197 Å². The van der Waals surface area contributed by atoms with E-state index in [1.54, 1.807) is 24.3 Å². The largest absolute Gasteiger partial charge is 0.501 e. The lowest BCUT2D eigenvalue weighted by Gasteiger charge is -2.36. The number of carboxylic acid groups (broad SMARTS) is 1. The molecule has 2 fully saturated rings. The van der Waals surface area contributed by atoms with Crippen molar-refractivity contribution >= 4 is 67.0 Å². The van der Waals surface area contributed by atoms with E-state index in [1.165, 1.54) is 23.9 Å². The van der Waals surface area contributed by atoms with Crippen LogP contribution in [-0.2, 0) is 24.7 Å². The number of nitrogens with one attached hydrogen (secondary N) is 2. The molecule has 0 saturated carbocycles. The maximum Gasteiger partial charge on any atom is 0.501 e. The van der Waals surface area contributed by atoms with E-state index in [1.807, 2.05) is 76.4 Å². The molecule has 3 atom stereocenters. The molecule has 5 aromatic carbocycles. The Bertz CT molecular complexity index is 2790. The van der Waals surface area contributed by atoms with Crippen LogP contribution in [0.4, 0.5) is 28.9 Å². The quantitative estimate of drug-likeness (QED) is 0.0303. The summed E-state index contributed by atoms with van der Waals surface area (Å²) in [5.41, 5.74) is -2.88. The van der Waals surface area contributed by atoms with E-state index >= 15 is 0 Å². The van der Waals surface area contributed by atoms with Gasteiger partial charge in [0, 0.05) is 85.3 Å². The number of alkyl halides is 4. The summed E-state index contributed by atoms with van der Waals surface area (Å²) in [7, 11) is -11.0. The molecule has 5 aromatic rings. The SMILES string of the molecule is O=C(NS(=O)(=O)c1ccc(N[C@H](CCN2CCN(C[C@@H](O)CF)CC2)CSc2ccccc2)c(S(=O)(=O)C(F)(F)F)c1)c1ccc(N2CCC([C@@H](O)c3ccccc3-c3ccc(Cl)cc3)CC2)cc1.O=CO. The standard InChI is InChI=1S/C49H54ClF4N5O7S3.CH2O2/c50-37-14-10-34(11-15-37)43-8-4-5-9-44(43)47(61)35-20-24-59(25-21-35)39-16-12-36(13-17-39)48(62)56-69(65,66)42-18-19-45(46(30-42)68(63,64)49(52,53)54)55-38(33-67-41-6-2-1-3-7-41)22-23-57-26-28-58(29-27-57)32-40(60)31-51;2-1-3/h1-19,30,35,38,40,47,55,60-61H,20-29,31-33H2,(H,56,62);1H,(H,2,3)/t38-,40+,47-;/m1./s1. The van der Waals surface area contributed by atoms with Gasteiger partial charge in [0.1, 0.15) is 11.6 Å². The number of nitrogens with zero attached hydrogens (tertiary/aromatic N) is 3. The molecular weight excluding hydrogens is 1020 g/mol. The van der Waals surface area contributed by atoms with E-state index in [9.17, 15) is 49.4 Å². The average molecular weight is 1080 g/mol. The highest BCUT2D eigenvalue weighted by Crippen LogP contribution is 2.39. The summed E-state index contributed by atoms with van der Waals surface area (Å²) >= 11 is 7.50. The van der Waals surface area contributed by atoms with Crippen LogP contribution < -0.4 is 14.9 Å². The average Bonchev–Trinajstić information content (AvgIpc) is 3.37. The lowest BCUT2D eigenvalue weighted by atomic mass is 9.84. The Morgan fingerprint density at radius 2 is 1.43 bits per heavy atom. The lowest BCUT2D eigenvalue weighted by molar-refractivity contribution is -0.122. The second-order valence-corrected chi connectivity index (χ2v) is 22.4. The molecule has 0 unspecified atom stereocenters. The van der Waals surface area contributed by atoms with E-state index in [0.717, 1.165) is 39.4 Å². The minimum atomic E-state index is -6.12. The summed E-state index contributed by atoms with van der Waals surface area (Å²) in [6.07, 6.45) is -0.112. The van der Waals surface area contributed by atoms with Gasteiger partial charge in [-0.05, 0) is 109 Å². The molecule has 0 bridgehead atoms. The number of halogens is 5. The second kappa shape index (κ2) is 25.6. The molecule has 2 aliphatic heterocycles. The third-order valence-electron chi connectivity index (χ3n) is 12.5. The van der Waals surface area contributed by atoms with Gasteiger partial charge in [0.05, 0.1) is 22.8 Å². The summed E-state index contributed by atoms with van der Waals surface area (Å²) in [6.45, 7) is 3.05. The van der Waals surface area contributed by atoms with Crippen molar-refractivity contribution in [1.29, 1.82) is 0 Å². The number of hydrogen-bond acceptors (Lipinski definition) is 13. The molecule has 5 N–H and O–H groups in total. The molecule has 0 aromatic heterocycles. The van der Waals surface area contributed by atoms with E-state index in [0.29, 0.717) is 81.9 Å². The van der Waals surface area contributed by atoms with Crippen LogP contribution in [0.25, 0.3) is 11.1 Å². The first-order chi connectivity index (χ1) is 34.3. The number of anilines is 2. The molecule has 22 heteroatoms. The number of aliphatic hydroxyl groups excluding tert-OH is 2. The Balaban J connectivity index is 0.00000275. The molecule has 0 radical (unpaired) electrons. The van der Waals surface area contributed by atoms with Crippen LogP contribution >= 0.6 is 23.4 Å². The summed E-state index contributed by atoms with van der Waals surface area (Å²) in [5.74, 6) is -0.811. The van der Waals surface area contributed by atoms with Gasteiger partial charge in [-0.25, -0.2) is 25.9 Å². The van der Waals surface area contributed by atoms with Gasteiger partial charge in [-0.15, -0.1) is 11.8 Å². The number of β-amino-alcohol motifs (C(OH)–C–C–N with tert-alkyl or cyclic N) is 1. The number of aliphatic hydroxyl groups is 2. The normalized spacial score (nSPS) is 16.5. The van der Waals surface area contributed by atoms with E-state index in [4.69, 9.17) is 21.5 Å². The zero-order chi connectivity index (χ0) is 52.1. The number of carbonyl (C=O) groups is 2. The fourth-order valence-electron chi connectivity index (χ4n) is 8.59. The summed E-state index contributed by atoms with van der Waals surface area (Å²) in [5, 5.41) is 31.7. The maximum absolute atomic E-state index is 14.3. The monoisotopic (exact) mass is 1080 g/mol. The van der Waals surface area contributed by atoms with Crippen molar-refractivity contribution in [3.63, 3.8) is 0 Å².